The van der Waals surface area contributed by atoms with E-state index in [2.05, 4.69) is 5.43 Å². The summed E-state index contributed by atoms with van der Waals surface area (Å²) in [6, 6.07) is 0.0326. The van der Waals surface area contributed by atoms with E-state index in [-0.39, 0.29) is 11.9 Å². The summed E-state index contributed by atoms with van der Waals surface area (Å²) in [7, 11) is 3.62. The Morgan fingerprint density at radius 2 is 2.00 bits per heavy atom. The summed E-state index contributed by atoms with van der Waals surface area (Å²) in [4.78, 5) is 11.5. The molecule has 0 aliphatic heterocycles. The van der Waals surface area contributed by atoms with E-state index < -0.39 is 0 Å². The first kappa shape index (κ1) is 12.5. The molecule has 0 bridgehead atoms. The standard InChI is InChI=1S/C11H23N3O/c1-14(2)13-11(15)8-10(12)9-6-4-3-5-7-9/h9-10H,3-8,12H2,1-2H3,(H,13,15). The molecule has 4 nitrogen and oxygen atoms in total. The molecule has 0 aromatic carbocycles. The molecule has 1 aliphatic carbocycles. The summed E-state index contributed by atoms with van der Waals surface area (Å²) in [5.41, 5.74) is 8.77. The summed E-state index contributed by atoms with van der Waals surface area (Å²) < 4.78 is 0. The first-order valence-electron chi connectivity index (χ1n) is 5.82. The molecule has 0 aromatic rings. The zero-order chi connectivity index (χ0) is 11.3. The third-order valence-electron chi connectivity index (χ3n) is 3.02. The maximum absolute atomic E-state index is 11.5. The Bertz CT molecular complexity index is 200. The van der Waals surface area contributed by atoms with Crippen molar-refractivity contribution in [1.29, 1.82) is 0 Å². The van der Waals surface area contributed by atoms with Gasteiger partial charge in [-0.05, 0) is 18.8 Å². The maximum atomic E-state index is 11.5. The van der Waals surface area contributed by atoms with Crippen molar-refractivity contribution < 1.29 is 4.79 Å². The number of nitrogens with two attached hydrogens (primary N) is 1. The molecule has 0 radical (unpaired) electrons. The lowest BCUT2D eigenvalue weighted by Crippen LogP contribution is -2.42. The van der Waals surface area contributed by atoms with Gasteiger partial charge in [0.2, 0.25) is 5.91 Å². The highest BCUT2D eigenvalue weighted by molar-refractivity contribution is 5.75. The van der Waals surface area contributed by atoms with Crippen molar-refractivity contribution in [1.82, 2.24) is 10.4 Å². The number of nitrogens with one attached hydrogen (secondary N) is 1. The fourth-order valence-electron chi connectivity index (χ4n) is 2.24. The minimum atomic E-state index is 0.0260. The number of nitrogens with zero attached hydrogens (tertiary/aromatic N) is 1. The number of carbonyl (C=O) groups is 1. The van der Waals surface area contributed by atoms with E-state index in [9.17, 15) is 4.79 Å². The highest BCUT2D eigenvalue weighted by Crippen LogP contribution is 2.26. The van der Waals surface area contributed by atoms with Crippen molar-refractivity contribution in [2.24, 2.45) is 11.7 Å². The molecule has 1 amide bonds. The second-order valence-electron chi connectivity index (χ2n) is 4.70. The molecule has 0 spiro atoms. The van der Waals surface area contributed by atoms with Crippen LogP contribution in [0.3, 0.4) is 0 Å². The van der Waals surface area contributed by atoms with E-state index in [1.54, 1.807) is 5.01 Å². The zero-order valence-corrected chi connectivity index (χ0v) is 9.83. The van der Waals surface area contributed by atoms with Crippen LogP contribution in [0, 0.1) is 5.92 Å². The van der Waals surface area contributed by atoms with Crippen molar-refractivity contribution >= 4 is 5.91 Å². The number of hydrazine groups is 1. The molecule has 4 heteroatoms. The zero-order valence-electron chi connectivity index (χ0n) is 9.83. The van der Waals surface area contributed by atoms with Gasteiger partial charge in [-0.25, -0.2) is 5.01 Å². The van der Waals surface area contributed by atoms with Gasteiger partial charge in [-0.3, -0.25) is 10.2 Å². The highest BCUT2D eigenvalue weighted by atomic mass is 16.2. The van der Waals surface area contributed by atoms with Crippen molar-refractivity contribution in [3.63, 3.8) is 0 Å². The summed E-state index contributed by atoms with van der Waals surface area (Å²) in [6.45, 7) is 0. The monoisotopic (exact) mass is 213 g/mol. The molecular weight excluding hydrogens is 190 g/mol. The van der Waals surface area contributed by atoms with E-state index in [1.807, 2.05) is 14.1 Å². The normalized spacial score (nSPS) is 20.3. The molecule has 0 saturated heterocycles. The Morgan fingerprint density at radius 3 is 2.53 bits per heavy atom. The lowest BCUT2D eigenvalue weighted by molar-refractivity contribution is -0.125. The van der Waals surface area contributed by atoms with Crippen LogP contribution in [0.15, 0.2) is 0 Å². The molecule has 0 heterocycles. The SMILES string of the molecule is CN(C)NC(=O)CC(N)C1CCCCC1. The second-order valence-corrected chi connectivity index (χ2v) is 4.70. The van der Waals surface area contributed by atoms with Crippen LogP contribution in [0.1, 0.15) is 38.5 Å². The van der Waals surface area contributed by atoms with Gasteiger partial charge in [0.25, 0.3) is 0 Å². The largest absolute Gasteiger partial charge is 0.327 e. The smallest absolute Gasteiger partial charge is 0.235 e. The second kappa shape index (κ2) is 6.08. The first-order valence-corrected chi connectivity index (χ1v) is 5.82. The van der Waals surface area contributed by atoms with Gasteiger partial charge in [0.05, 0.1) is 0 Å². The molecule has 1 rings (SSSR count). The van der Waals surface area contributed by atoms with Gasteiger partial charge in [0.15, 0.2) is 0 Å². The van der Waals surface area contributed by atoms with Crippen LogP contribution >= 0.6 is 0 Å². The minimum absolute atomic E-state index is 0.0260. The molecule has 88 valence electrons. The van der Waals surface area contributed by atoms with Crippen LogP contribution in [-0.4, -0.2) is 31.1 Å². The molecule has 1 aliphatic rings. The van der Waals surface area contributed by atoms with Gasteiger partial charge < -0.3 is 5.73 Å². The average Bonchev–Trinajstić information content (AvgIpc) is 2.17. The van der Waals surface area contributed by atoms with E-state index in [4.69, 9.17) is 5.73 Å². The Kier molecular flexibility index (Phi) is 5.05. The predicted octanol–water partition coefficient (Wildman–Crippen LogP) is 0.877. The Labute approximate surface area is 92.2 Å². The van der Waals surface area contributed by atoms with Gasteiger partial charge in [0.1, 0.15) is 0 Å². The van der Waals surface area contributed by atoms with E-state index in [0.717, 1.165) is 0 Å². The Morgan fingerprint density at radius 1 is 1.40 bits per heavy atom. The summed E-state index contributed by atoms with van der Waals surface area (Å²) >= 11 is 0. The van der Waals surface area contributed by atoms with Crippen LogP contribution in [0.4, 0.5) is 0 Å². The van der Waals surface area contributed by atoms with Crippen LogP contribution in [0.2, 0.25) is 0 Å². The molecule has 0 aromatic heterocycles. The summed E-state index contributed by atoms with van der Waals surface area (Å²) in [5.74, 6) is 0.574. The fourth-order valence-corrected chi connectivity index (χ4v) is 2.24. The number of amides is 1. The van der Waals surface area contributed by atoms with Crippen molar-refractivity contribution in [2.45, 2.75) is 44.6 Å². The summed E-state index contributed by atoms with van der Waals surface area (Å²) in [6.07, 6.45) is 6.70. The molecule has 3 N–H and O–H groups in total. The van der Waals surface area contributed by atoms with Crippen LogP contribution in [-0.2, 0) is 4.79 Å². The molecule has 1 unspecified atom stereocenters. The third-order valence-corrected chi connectivity index (χ3v) is 3.02. The molecule has 15 heavy (non-hydrogen) atoms. The van der Waals surface area contributed by atoms with Crippen molar-refractivity contribution in [3.05, 3.63) is 0 Å². The van der Waals surface area contributed by atoms with Gasteiger partial charge in [0, 0.05) is 26.6 Å². The molecular formula is C11H23N3O. The van der Waals surface area contributed by atoms with E-state index in [1.165, 1.54) is 32.1 Å². The first-order chi connectivity index (χ1) is 7.09. The lowest BCUT2D eigenvalue weighted by Gasteiger charge is -2.27. The average molecular weight is 213 g/mol. The number of hydrogen-bond acceptors (Lipinski definition) is 3. The number of carbonyl (C=O) groups excluding carboxylic acids is 1. The van der Waals surface area contributed by atoms with Gasteiger partial charge in [-0.2, -0.15) is 0 Å². The predicted molar refractivity (Wildman–Crippen MR) is 61.0 cm³/mol. The number of rotatable bonds is 4. The fraction of sp³-hybridized carbons (Fsp3) is 0.909. The maximum Gasteiger partial charge on any atom is 0.235 e. The minimum Gasteiger partial charge on any atom is -0.327 e. The van der Waals surface area contributed by atoms with Crippen molar-refractivity contribution in [3.8, 4) is 0 Å². The number of hydrogen-bond donors (Lipinski definition) is 2. The van der Waals surface area contributed by atoms with Crippen LogP contribution in [0.25, 0.3) is 0 Å². The van der Waals surface area contributed by atoms with Crippen LogP contribution in [0.5, 0.6) is 0 Å². The van der Waals surface area contributed by atoms with Gasteiger partial charge in [-0.15, -0.1) is 0 Å². The van der Waals surface area contributed by atoms with E-state index in [0.29, 0.717) is 12.3 Å². The molecule has 1 atom stereocenters. The quantitative estimate of drug-likeness (QED) is 0.681. The van der Waals surface area contributed by atoms with Crippen molar-refractivity contribution in [2.75, 3.05) is 14.1 Å². The van der Waals surface area contributed by atoms with Gasteiger partial charge in [-0.1, -0.05) is 19.3 Å². The molecule has 1 saturated carbocycles. The topological polar surface area (TPSA) is 58.4 Å². The lowest BCUT2D eigenvalue weighted by atomic mass is 9.83. The Balaban J connectivity index is 2.27. The highest BCUT2D eigenvalue weighted by Gasteiger charge is 2.22. The van der Waals surface area contributed by atoms with Gasteiger partial charge >= 0.3 is 0 Å². The van der Waals surface area contributed by atoms with E-state index >= 15 is 0 Å². The summed E-state index contributed by atoms with van der Waals surface area (Å²) in [5, 5.41) is 1.66. The third kappa shape index (κ3) is 4.62. The Hall–Kier alpha value is -0.610. The van der Waals surface area contributed by atoms with Crippen LogP contribution < -0.4 is 11.2 Å². The molecule has 1 fully saturated rings.